The molecule has 1 heterocycles. The summed E-state index contributed by atoms with van der Waals surface area (Å²) in [4.78, 5) is 15.0. The molecule has 0 spiro atoms. The Bertz CT molecular complexity index is 797. The Kier molecular flexibility index (Phi) is 3.90. The van der Waals surface area contributed by atoms with E-state index in [-0.39, 0.29) is 11.4 Å². The molecule has 0 bridgehead atoms. The van der Waals surface area contributed by atoms with Crippen LogP contribution < -0.4 is 10.0 Å². The van der Waals surface area contributed by atoms with Crippen molar-refractivity contribution in [1.82, 2.24) is 4.72 Å². The first kappa shape index (κ1) is 14.7. The normalized spacial score (nSPS) is 12.9. The number of nitro groups is 1. The van der Waals surface area contributed by atoms with Crippen LogP contribution >= 0.6 is 27.9 Å². The molecule has 2 aromatic rings. The van der Waals surface area contributed by atoms with Gasteiger partial charge >= 0.3 is 0 Å². The Labute approximate surface area is 137 Å². The molecule has 0 fully saturated rings. The maximum atomic E-state index is 10.8. The van der Waals surface area contributed by atoms with Gasteiger partial charge in [-0.2, -0.15) is 0 Å². The minimum absolute atomic E-state index is 0.178. The van der Waals surface area contributed by atoms with E-state index >= 15 is 0 Å². The van der Waals surface area contributed by atoms with Crippen molar-refractivity contribution in [1.29, 1.82) is 0 Å². The van der Waals surface area contributed by atoms with Crippen molar-refractivity contribution in [2.45, 2.75) is 4.90 Å². The lowest BCUT2D eigenvalue weighted by Crippen LogP contribution is -2.27. The van der Waals surface area contributed by atoms with Crippen LogP contribution in [-0.2, 0) is 0 Å². The molecule has 0 aromatic heterocycles. The van der Waals surface area contributed by atoms with Crippen LogP contribution in [0.3, 0.4) is 0 Å². The number of nitro benzene ring substituents is 1. The number of aliphatic imine (C=N–C) groups is 1. The molecule has 3 rings (SSSR count). The number of para-hydroxylation sites is 1. The first-order valence-electron chi connectivity index (χ1n) is 6.09. The van der Waals surface area contributed by atoms with Gasteiger partial charge in [-0.15, -0.1) is 0 Å². The second-order valence-electron chi connectivity index (χ2n) is 4.34. The van der Waals surface area contributed by atoms with Crippen LogP contribution in [0.5, 0.6) is 5.75 Å². The van der Waals surface area contributed by atoms with Crippen LogP contribution in [0.25, 0.3) is 0 Å². The molecule has 0 aliphatic carbocycles. The van der Waals surface area contributed by atoms with E-state index in [1.165, 1.54) is 6.07 Å². The van der Waals surface area contributed by atoms with Crippen LogP contribution in [0.15, 0.2) is 50.8 Å². The summed E-state index contributed by atoms with van der Waals surface area (Å²) >= 11 is 4.56. The van der Waals surface area contributed by atoms with Crippen LogP contribution in [0.4, 0.5) is 17.1 Å². The fraction of sp³-hybridized carbons (Fsp3) is 0. The monoisotopic (exact) mass is 380 g/mol. The van der Waals surface area contributed by atoms with E-state index in [4.69, 9.17) is 0 Å². The summed E-state index contributed by atoms with van der Waals surface area (Å²) in [6.07, 6.45) is 0. The number of benzene rings is 2. The summed E-state index contributed by atoms with van der Waals surface area (Å²) in [5, 5.41) is 23.8. The molecule has 1 aliphatic heterocycles. The molecule has 0 saturated heterocycles. The van der Waals surface area contributed by atoms with Gasteiger partial charge in [0.2, 0.25) is 5.96 Å². The van der Waals surface area contributed by atoms with Crippen molar-refractivity contribution < 1.29 is 10.0 Å². The molecule has 1 aliphatic rings. The number of nitrogens with one attached hydrogen (secondary N) is 2. The van der Waals surface area contributed by atoms with E-state index < -0.39 is 4.92 Å². The van der Waals surface area contributed by atoms with Crippen molar-refractivity contribution >= 4 is 50.9 Å². The minimum Gasteiger partial charge on any atom is -0.505 e. The molecule has 0 unspecified atom stereocenters. The maximum absolute atomic E-state index is 10.8. The van der Waals surface area contributed by atoms with Crippen molar-refractivity contribution in [3.63, 3.8) is 0 Å². The molecule has 0 radical (unpaired) electrons. The minimum atomic E-state index is -0.556. The number of fused-ring (bicyclic) bond motifs is 1. The van der Waals surface area contributed by atoms with Gasteiger partial charge in [-0.1, -0.05) is 12.1 Å². The van der Waals surface area contributed by atoms with Crippen LogP contribution in [0, 0.1) is 10.1 Å². The number of phenolic OH excluding ortho intramolecular Hbond substituents is 1. The number of phenols is 1. The van der Waals surface area contributed by atoms with E-state index in [1.54, 1.807) is 0 Å². The Morgan fingerprint density at radius 1 is 1.36 bits per heavy atom. The van der Waals surface area contributed by atoms with Gasteiger partial charge in [-0.25, -0.2) is 4.99 Å². The molecule has 2 aromatic carbocycles. The summed E-state index contributed by atoms with van der Waals surface area (Å²) in [5.41, 5.74) is 0.922. The van der Waals surface area contributed by atoms with E-state index in [9.17, 15) is 15.2 Å². The van der Waals surface area contributed by atoms with Gasteiger partial charge in [0.25, 0.3) is 5.69 Å². The number of rotatable bonds is 2. The molecule has 7 nitrogen and oxygen atoms in total. The predicted molar refractivity (Wildman–Crippen MR) is 88.6 cm³/mol. The van der Waals surface area contributed by atoms with E-state index in [0.717, 1.165) is 28.2 Å². The highest BCUT2D eigenvalue weighted by molar-refractivity contribution is 9.10. The first-order valence-corrected chi connectivity index (χ1v) is 7.70. The van der Waals surface area contributed by atoms with Crippen LogP contribution in [-0.4, -0.2) is 16.0 Å². The van der Waals surface area contributed by atoms with Gasteiger partial charge in [0.15, 0.2) is 0 Å². The highest BCUT2D eigenvalue weighted by Crippen LogP contribution is 2.41. The molecule has 0 atom stereocenters. The number of nitrogens with zero attached hydrogens (tertiary/aromatic N) is 2. The fourth-order valence-electron chi connectivity index (χ4n) is 1.86. The largest absolute Gasteiger partial charge is 0.505 e. The molecular formula is C13H9BrN4O3S. The van der Waals surface area contributed by atoms with Gasteiger partial charge in [0, 0.05) is 10.5 Å². The fourth-order valence-corrected chi connectivity index (χ4v) is 2.97. The highest BCUT2D eigenvalue weighted by Gasteiger charge is 2.21. The lowest BCUT2D eigenvalue weighted by molar-refractivity contribution is -0.385. The molecule has 112 valence electrons. The van der Waals surface area contributed by atoms with Gasteiger partial charge in [-0.3, -0.25) is 14.8 Å². The van der Waals surface area contributed by atoms with Gasteiger partial charge < -0.3 is 10.4 Å². The Morgan fingerprint density at radius 3 is 2.86 bits per heavy atom. The van der Waals surface area contributed by atoms with E-state index in [1.807, 2.05) is 24.3 Å². The third kappa shape index (κ3) is 2.85. The SMILES string of the molecule is O=[N+]([O-])c1cc(O)c2c(c1)SNC(Nc1ccccc1Br)=N2. The van der Waals surface area contributed by atoms with Crippen molar-refractivity contribution in [3.05, 3.63) is 51.0 Å². The van der Waals surface area contributed by atoms with Gasteiger partial charge in [0.05, 0.1) is 21.6 Å². The highest BCUT2D eigenvalue weighted by atomic mass is 79.9. The molecule has 22 heavy (non-hydrogen) atoms. The van der Waals surface area contributed by atoms with Crippen molar-refractivity contribution in [3.8, 4) is 5.75 Å². The summed E-state index contributed by atoms with van der Waals surface area (Å²) in [6.45, 7) is 0. The number of guanidine groups is 1. The van der Waals surface area contributed by atoms with Crippen molar-refractivity contribution in [2.75, 3.05) is 5.32 Å². The zero-order chi connectivity index (χ0) is 15.7. The number of aromatic hydroxyl groups is 1. The quantitative estimate of drug-likeness (QED) is 0.416. The smallest absolute Gasteiger partial charge is 0.274 e. The molecule has 0 amide bonds. The lowest BCUT2D eigenvalue weighted by atomic mass is 10.2. The van der Waals surface area contributed by atoms with Crippen LogP contribution in [0.2, 0.25) is 0 Å². The Morgan fingerprint density at radius 2 is 2.14 bits per heavy atom. The van der Waals surface area contributed by atoms with E-state index in [2.05, 4.69) is 31.0 Å². The summed E-state index contributed by atoms with van der Waals surface area (Å²) in [6, 6.07) is 9.96. The zero-order valence-corrected chi connectivity index (χ0v) is 13.3. The lowest BCUT2D eigenvalue weighted by Gasteiger charge is -2.18. The molecular weight excluding hydrogens is 372 g/mol. The number of anilines is 1. The maximum Gasteiger partial charge on any atom is 0.274 e. The van der Waals surface area contributed by atoms with Crippen molar-refractivity contribution in [2.24, 2.45) is 4.99 Å². The second-order valence-corrected chi connectivity index (χ2v) is 6.04. The Balaban J connectivity index is 1.94. The second kappa shape index (κ2) is 5.85. The third-order valence-corrected chi connectivity index (χ3v) is 4.38. The molecule has 3 N–H and O–H groups in total. The molecule has 0 saturated carbocycles. The zero-order valence-electron chi connectivity index (χ0n) is 10.9. The predicted octanol–water partition coefficient (Wildman–Crippen LogP) is 3.77. The van der Waals surface area contributed by atoms with Crippen LogP contribution in [0.1, 0.15) is 0 Å². The Hall–Kier alpha value is -2.26. The first-order chi connectivity index (χ1) is 10.5. The number of halogens is 1. The molecule has 9 heteroatoms. The third-order valence-electron chi connectivity index (χ3n) is 2.86. The number of hydrogen-bond acceptors (Lipinski definition) is 7. The van der Waals surface area contributed by atoms with Gasteiger partial charge in [0.1, 0.15) is 11.4 Å². The topological polar surface area (TPSA) is 99.8 Å². The number of hydrogen-bond donors (Lipinski definition) is 3. The summed E-state index contributed by atoms with van der Waals surface area (Å²) in [7, 11) is 0. The average molecular weight is 381 g/mol. The standard InChI is InChI=1S/C13H9BrN4O3S/c14-8-3-1-2-4-9(8)15-13-16-12-10(19)5-7(18(20)21)6-11(12)22-17-13/h1-6,19H,(H2,15,16,17). The van der Waals surface area contributed by atoms with E-state index in [0.29, 0.717) is 16.5 Å². The number of non-ortho nitro benzene ring substituents is 1. The van der Waals surface area contributed by atoms with Gasteiger partial charge in [-0.05, 0) is 40.0 Å². The summed E-state index contributed by atoms with van der Waals surface area (Å²) < 4.78 is 3.81. The summed E-state index contributed by atoms with van der Waals surface area (Å²) in [5.74, 6) is 0.193. The average Bonchev–Trinajstić information content (AvgIpc) is 2.50.